The second-order valence-electron chi connectivity index (χ2n) is 4.95. The number of carbonyl (C=O) groups is 1. The molecule has 1 aromatic carbocycles. The van der Waals surface area contributed by atoms with Crippen molar-refractivity contribution in [3.63, 3.8) is 0 Å². The number of hydrogen-bond acceptors (Lipinski definition) is 3. The van der Waals surface area contributed by atoms with E-state index >= 15 is 0 Å². The van der Waals surface area contributed by atoms with Crippen LogP contribution in [0.15, 0.2) is 24.4 Å². The van der Waals surface area contributed by atoms with Crippen LogP contribution in [-0.4, -0.2) is 30.6 Å². The monoisotopic (exact) mass is 259 g/mol. The molecule has 1 unspecified atom stereocenters. The van der Waals surface area contributed by atoms with Crippen molar-refractivity contribution in [2.24, 2.45) is 5.92 Å². The van der Waals surface area contributed by atoms with Crippen LogP contribution < -0.4 is 11.1 Å². The maximum absolute atomic E-state index is 12.2. The van der Waals surface area contributed by atoms with E-state index < -0.39 is 0 Å². The summed E-state index contributed by atoms with van der Waals surface area (Å²) in [5, 5.41) is 3.86. The van der Waals surface area contributed by atoms with Gasteiger partial charge < -0.3 is 20.8 Å². The Hall–Kier alpha value is -2.01. The number of nitrogens with two attached hydrogens (primary N) is 1. The number of amides is 1. The first kappa shape index (κ1) is 12.0. The molecule has 1 fully saturated rings. The van der Waals surface area contributed by atoms with Crippen molar-refractivity contribution < 1.29 is 9.53 Å². The van der Waals surface area contributed by atoms with Crippen LogP contribution in [0.25, 0.3) is 10.9 Å². The second kappa shape index (κ2) is 4.93. The summed E-state index contributed by atoms with van der Waals surface area (Å²) in [6.07, 6.45) is 2.75. The molecule has 1 aliphatic heterocycles. The molecule has 5 nitrogen and oxygen atoms in total. The van der Waals surface area contributed by atoms with Crippen molar-refractivity contribution in [2.75, 3.05) is 25.5 Å². The predicted molar refractivity (Wildman–Crippen MR) is 74.0 cm³/mol. The highest BCUT2D eigenvalue weighted by molar-refractivity contribution is 6.07. The molecule has 1 atom stereocenters. The zero-order valence-electron chi connectivity index (χ0n) is 10.6. The predicted octanol–water partition coefficient (Wildman–Crippen LogP) is 1.52. The number of carbonyl (C=O) groups excluding carboxylic acids is 1. The average molecular weight is 259 g/mol. The average Bonchev–Trinajstić information content (AvgIpc) is 3.04. The van der Waals surface area contributed by atoms with Gasteiger partial charge in [-0.05, 0) is 24.6 Å². The van der Waals surface area contributed by atoms with Crippen LogP contribution in [0, 0.1) is 5.92 Å². The highest BCUT2D eigenvalue weighted by atomic mass is 16.5. The Morgan fingerprint density at radius 2 is 2.42 bits per heavy atom. The van der Waals surface area contributed by atoms with Gasteiger partial charge in [-0.15, -0.1) is 0 Å². The van der Waals surface area contributed by atoms with Crippen LogP contribution >= 0.6 is 0 Å². The second-order valence-corrected chi connectivity index (χ2v) is 4.95. The molecule has 2 heterocycles. The van der Waals surface area contributed by atoms with Crippen LogP contribution in [0.3, 0.4) is 0 Å². The van der Waals surface area contributed by atoms with Crippen molar-refractivity contribution in [1.29, 1.82) is 0 Å². The topological polar surface area (TPSA) is 80.1 Å². The lowest BCUT2D eigenvalue weighted by Crippen LogP contribution is -2.29. The molecular weight excluding hydrogens is 242 g/mol. The lowest BCUT2D eigenvalue weighted by atomic mass is 10.1. The zero-order chi connectivity index (χ0) is 13.2. The Morgan fingerprint density at radius 1 is 1.53 bits per heavy atom. The fourth-order valence-corrected chi connectivity index (χ4v) is 2.41. The zero-order valence-corrected chi connectivity index (χ0v) is 10.6. The number of nitrogen functional groups attached to an aromatic ring is 1. The molecule has 1 saturated heterocycles. The van der Waals surface area contributed by atoms with Crippen molar-refractivity contribution >= 4 is 22.5 Å². The van der Waals surface area contributed by atoms with Crippen molar-refractivity contribution in [3.8, 4) is 0 Å². The minimum atomic E-state index is -0.0529. The highest BCUT2D eigenvalue weighted by Crippen LogP contribution is 2.20. The summed E-state index contributed by atoms with van der Waals surface area (Å²) in [5.74, 6) is 0.382. The minimum Gasteiger partial charge on any atom is -0.399 e. The molecule has 5 heteroatoms. The fourth-order valence-electron chi connectivity index (χ4n) is 2.41. The molecule has 0 aliphatic carbocycles. The molecule has 19 heavy (non-hydrogen) atoms. The third-order valence-corrected chi connectivity index (χ3v) is 3.53. The summed E-state index contributed by atoms with van der Waals surface area (Å²) < 4.78 is 5.29. The third-order valence-electron chi connectivity index (χ3n) is 3.53. The van der Waals surface area contributed by atoms with Gasteiger partial charge in [-0.25, -0.2) is 0 Å². The molecule has 2 aromatic rings. The van der Waals surface area contributed by atoms with Gasteiger partial charge in [0.1, 0.15) is 0 Å². The molecule has 0 spiro atoms. The molecule has 1 aromatic heterocycles. The van der Waals surface area contributed by atoms with E-state index in [2.05, 4.69) is 10.3 Å². The number of rotatable bonds is 3. The highest BCUT2D eigenvalue weighted by Gasteiger charge is 2.18. The lowest BCUT2D eigenvalue weighted by Gasteiger charge is -2.08. The molecule has 4 N–H and O–H groups in total. The van der Waals surface area contributed by atoms with E-state index in [1.807, 2.05) is 12.1 Å². The number of aromatic nitrogens is 1. The van der Waals surface area contributed by atoms with Crippen molar-refractivity contribution in [2.45, 2.75) is 6.42 Å². The first-order valence-corrected chi connectivity index (χ1v) is 6.46. The van der Waals surface area contributed by atoms with E-state index in [-0.39, 0.29) is 5.91 Å². The van der Waals surface area contributed by atoms with Gasteiger partial charge in [0.05, 0.1) is 12.2 Å². The van der Waals surface area contributed by atoms with Gasteiger partial charge in [-0.3, -0.25) is 4.79 Å². The Morgan fingerprint density at radius 3 is 3.21 bits per heavy atom. The smallest absolute Gasteiger partial charge is 0.253 e. The Balaban J connectivity index is 1.74. The van der Waals surface area contributed by atoms with Crippen LogP contribution in [0.4, 0.5) is 5.69 Å². The molecular formula is C14H17N3O2. The number of fused-ring (bicyclic) bond motifs is 1. The van der Waals surface area contributed by atoms with Crippen molar-refractivity contribution in [1.82, 2.24) is 10.3 Å². The number of nitrogens with one attached hydrogen (secondary N) is 2. The van der Waals surface area contributed by atoms with E-state index in [1.54, 1.807) is 12.3 Å². The van der Waals surface area contributed by atoms with Crippen LogP contribution in [-0.2, 0) is 4.74 Å². The quantitative estimate of drug-likeness (QED) is 0.731. The van der Waals surface area contributed by atoms with Crippen LogP contribution in [0.2, 0.25) is 0 Å². The number of aromatic amines is 1. The Kier molecular flexibility index (Phi) is 3.13. The summed E-state index contributed by atoms with van der Waals surface area (Å²) in [6, 6.07) is 5.50. The number of H-pyrrole nitrogens is 1. The fraction of sp³-hybridized carbons (Fsp3) is 0.357. The summed E-state index contributed by atoms with van der Waals surface area (Å²) in [7, 11) is 0. The molecule has 0 bridgehead atoms. The van der Waals surface area contributed by atoms with Gasteiger partial charge in [-0.1, -0.05) is 0 Å². The van der Waals surface area contributed by atoms with E-state index in [9.17, 15) is 4.79 Å². The van der Waals surface area contributed by atoms with Gasteiger partial charge in [0.25, 0.3) is 5.91 Å². The SMILES string of the molecule is Nc1ccc2c(C(=O)NCC3CCOC3)c[nH]c2c1. The number of benzene rings is 1. The molecule has 1 amide bonds. The first-order chi connectivity index (χ1) is 9.24. The Bertz CT molecular complexity index is 600. The normalized spacial score (nSPS) is 18.8. The minimum absolute atomic E-state index is 0.0529. The molecule has 0 saturated carbocycles. The number of anilines is 1. The first-order valence-electron chi connectivity index (χ1n) is 6.46. The maximum atomic E-state index is 12.2. The summed E-state index contributed by atoms with van der Waals surface area (Å²) in [6.45, 7) is 2.21. The largest absolute Gasteiger partial charge is 0.399 e. The lowest BCUT2D eigenvalue weighted by molar-refractivity contribution is 0.0946. The van der Waals surface area contributed by atoms with Crippen LogP contribution in [0.1, 0.15) is 16.8 Å². The van der Waals surface area contributed by atoms with E-state index in [4.69, 9.17) is 10.5 Å². The van der Waals surface area contributed by atoms with Crippen LogP contribution in [0.5, 0.6) is 0 Å². The molecule has 1 aliphatic rings. The maximum Gasteiger partial charge on any atom is 0.253 e. The molecule has 0 radical (unpaired) electrons. The molecule has 100 valence electrons. The van der Waals surface area contributed by atoms with Gasteiger partial charge in [-0.2, -0.15) is 0 Å². The van der Waals surface area contributed by atoms with Crippen molar-refractivity contribution in [3.05, 3.63) is 30.0 Å². The number of hydrogen-bond donors (Lipinski definition) is 3. The summed E-state index contributed by atoms with van der Waals surface area (Å²) in [5.41, 5.74) is 7.95. The summed E-state index contributed by atoms with van der Waals surface area (Å²) in [4.78, 5) is 15.2. The van der Waals surface area contributed by atoms with Gasteiger partial charge in [0.15, 0.2) is 0 Å². The van der Waals surface area contributed by atoms with Gasteiger partial charge in [0.2, 0.25) is 0 Å². The van der Waals surface area contributed by atoms with Gasteiger partial charge in [0, 0.05) is 41.9 Å². The van der Waals surface area contributed by atoms with Gasteiger partial charge >= 0.3 is 0 Å². The van der Waals surface area contributed by atoms with E-state index in [1.165, 1.54) is 0 Å². The Labute approximate surface area is 111 Å². The van der Waals surface area contributed by atoms with E-state index in [0.29, 0.717) is 23.7 Å². The molecule has 3 rings (SSSR count). The summed E-state index contributed by atoms with van der Waals surface area (Å²) >= 11 is 0. The van der Waals surface area contributed by atoms with E-state index in [0.717, 1.165) is 30.5 Å². The standard InChI is InChI=1S/C14H17N3O2/c15-10-1-2-11-12(7-16-13(11)5-10)14(18)17-6-9-3-4-19-8-9/h1-2,5,7,9,16H,3-4,6,8,15H2,(H,17,18). The number of ether oxygens (including phenoxy) is 1. The third kappa shape index (κ3) is 2.42.